The van der Waals surface area contributed by atoms with Crippen molar-refractivity contribution >= 4 is 50.7 Å². The number of rotatable bonds is 4. The van der Waals surface area contributed by atoms with Gasteiger partial charge in [-0.05, 0) is 29.2 Å². The predicted molar refractivity (Wildman–Crippen MR) is 113 cm³/mol. The van der Waals surface area contributed by atoms with Crippen LogP contribution in [0.15, 0.2) is 59.4 Å². The lowest BCUT2D eigenvalue weighted by Crippen LogP contribution is -2.07. The van der Waals surface area contributed by atoms with E-state index in [1.165, 1.54) is 22.1 Å². The maximum Gasteiger partial charge on any atom is 0.249 e. The van der Waals surface area contributed by atoms with Crippen LogP contribution in [0.5, 0.6) is 0 Å². The number of carbonyl (C=O) groups is 1. The fourth-order valence-electron chi connectivity index (χ4n) is 2.62. The molecule has 0 atom stereocenters. The van der Waals surface area contributed by atoms with E-state index in [2.05, 4.69) is 27.3 Å². The lowest BCUT2D eigenvalue weighted by molar-refractivity contribution is -0.111. The average Bonchev–Trinajstić information content (AvgIpc) is 3.35. The van der Waals surface area contributed by atoms with Gasteiger partial charge in [0.25, 0.3) is 0 Å². The summed E-state index contributed by atoms with van der Waals surface area (Å²) in [6.07, 6.45) is 8.52. The normalized spacial score (nSPS) is 10.9. The molecular formula is C21H13N3OS2. The van der Waals surface area contributed by atoms with Gasteiger partial charge in [0, 0.05) is 17.0 Å². The lowest BCUT2D eigenvalue weighted by Gasteiger charge is -2.03. The van der Waals surface area contributed by atoms with E-state index in [-0.39, 0.29) is 5.91 Å². The Hall–Kier alpha value is -3.27. The molecule has 0 fully saturated rings. The van der Waals surface area contributed by atoms with E-state index >= 15 is 0 Å². The van der Waals surface area contributed by atoms with Crippen LogP contribution in [-0.2, 0) is 4.79 Å². The molecule has 2 aromatic heterocycles. The van der Waals surface area contributed by atoms with Crippen LogP contribution in [0.25, 0.3) is 27.4 Å². The molecule has 0 aliphatic heterocycles. The molecule has 6 heteroatoms. The number of benzene rings is 2. The highest BCUT2D eigenvalue weighted by molar-refractivity contribution is 7.17. The van der Waals surface area contributed by atoms with Gasteiger partial charge in [-0.2, -0.15) is 0 Å². The fourth-order valence-corrected chi connectivity index (χ4v) is 4.00. The predicted octanol–water partition coefficient (Wildman–Crippen LogP) is 5.05. The Morgan fingerprint density at radius 1 is 1.15 bits per heavy atom. The quantitative estimate of drug-likeness (QED) is 0.394. The summed E-state index contributed by atoms with van der Waals surface area (Å²) in [4.78, 5) is 20.5. The second-order valence-electron chi connectivity index (χ2n) is 5.63. The summed E-state index contributed by atoms with van der Waals surface area (Å²) >= 11 is 2.95. The molecule has 0 bridgehead atoms. The standard InChI is InChI=1S/C21H13N3OS2/c1-2-20-24-18(12-26-20)23-19(25)11-8-14-6-9-15(10-7-14)16-4-3-5-17-21(16)27-13-22-17/h1,3-13H,(H,23,25)/b11-8+. The van der Waals surface area contributed by atoms with Crippen molar-refractivity contribution < 1.29 is 4.79 Å². The summed E-state index contributed by atoms with van der Waals surface area (Å²) in [5.74, 6) is 2.66. The fraction of sp³-hybridized carbons (Fsp3) is 0. The molecule has 0 spiro atoms. The Labute approximate surface area is 164 Å². The number of terminal acetylenes is 1. The van der Waals surface area contributed by atoms with Gasteiger partial charge < -0.3 is 5.32 Å². The highest BCUT2D eigenvalue weighted by atomic mass is 32.1. The van der Waals surface area contributed by atoms with Gasteiger partial charge in [-0.25, -0.2) is 9.97 Å². The summed E-state index contributed by atoms with van der Waals surface area (Å²) < 4.78 is 1.18. The van der Waals surface area contributed by atoms with Crippen molar-refractivity contribution in [2.75, 3.05) is 5.32 Å². The Bertz CT molecular complexity index is 1180. The molecule has 0 radical (unpaired) electrons. The molecular weight excluding hydrogens is 374 g/mol. The number of thiazole rings is 2. The number of aromatic nitrogens is 2. The van der Waals surface area contributed by atoms with Crippen LogP contribution in [0.1, 0.15) is 10.6 Å². The summed E-state index contributed by atoms with van der Waals surface area (Å²) in [6.45, 7) is 0. The number of anilines is 1. The van der Waals surface area contributed by atoms with E-state index in [1.54, 1.807) is 22.8 Å². The zero-order chi connectivity index (χ0) is 18.6. The molecule has 4 nitrogen and oxygen atoms in total. The molecule has 1 N–H and O–H groups in total. The second kappa shape index (κ2) is 7.54. The molecule has 4 aromatic rings. The van der Waals surface area contributed by atoms with Crippen molar-refractivity contribution in [3.8, 4) is 23.5 Å². The Kier molecular flexibility index (Phi) is 4.79. The number of fused-ring (bicyclic) bond motifs is 1. The van der Waals surface area contributed by atoms with E-state index in [0.29, 0.717) is 10.8 Å². The van der Waals surface area contributed by atoms with Crippen LogP contribution in [0, 0.1) is 12.3 Å². The average molecular weight is 387 g/mol. The first-order valence-corrected chi connectivity index (χ1v) is 9.83. The van der Waals surface area contributed by atoms with Crippen LogP contribution < -0.4 is 5.32 Å². The number of nitrogens with one attached hydrogen (secondary N) is 1. The number of nitrogens with zero attached hydrogens (tertiary/aromatic N) is 2. The van der Waals surface area contributed by atoms with E-state index < -0.39 is 0 Å². The molecule has 0 saturated carbocycles. The number of hydrogen-bond acceptors (Lipinski definition) is 5. The van der Waals surface area contributed by atoms with Gasteiger partial charge >= 0.3 is 0 Å². The third-order valence-electron chi connectivity index (χ3n) is 3.88. The van der Waals surface area contributed by atoms with Crippen molar-refractivity contribution in [2.24, 2.45) is 0 Å². The molecule has 27 heavy (non-hydrogen) atoms. The van der Waals surface area contributed by atoms with Gasteiger partial charge in [-0.15, -0.1) is 29.1 Å². The van der Waals surface area contributed by atoms with Crippen LogP contribution in [0.4, 0.5) is 5.82 Å². The van der Waals surface area contributed by atoms with Gasteiger partial charge in [-0.3, -0.25) is 4.79 Å². The second-order valence-corrected chi connectivity index (χ2v) is 7.35. The molecule has 2 aromatic carbocycles. The number of amides is 1. The summed E-state index contributed by atoms with van der Waals surface area (Å²) in [7, 11) is 0. The summed E-state index contributed by atoms with van der Waals surface area (Å²) in [6, 6.07) is 14.2. The van der Waals surface area contributed by atoms with Crippen LogP contribution in [-0.4, -0.2) is 15.9 Å². The van der Waals surface area contributed by atoms with Crippen LogP contribution >= 0.6 is 22.7 Å². The van der Waals surface area contributed by atoms with E-state index in [9.17, 15) is 4.79 Å². The smallest absolute Gasteiger partial charge is 0.249 e. The maximum atomic E-state index is 12.0. The third kappa shape index (κ3) is 3.80. The van der Waals surface area contributed by atoms with Crippen LogP contribution in [0.2, 0.25) is 0 Å². The van der Waals surface area contributed by atoms with Crippen molar-refractivity contribution in [3.63, 3.8) is 0 Å². The molecule has 1 amide bonds. The molecule has 0 aliphatic carbocycles. The maximum absolute atomic E-state index is 12.0. The van der Waals surface area contributed by atoms with E-state index in [1.807, 2.05) is 41.9 Å². The molecule has 0 unspecified atom stereocenters. The minimum atomic E-state index is -0.248. The topological polar surface area (TPSA) is 54.9 Å². The zero-order valence-electron chi connectivity index (χ0n) is 14.0. The van der Waals surface area contributed by atoms with Crippen molar-refractivity contribution in [2.45, 2.75) is 0 Å². The number of hydrogen-bond donors (Lipinski definition) is 1. The summed E-state index contributed by atoms with van der Waals surface area (Å²) in [5, 5.41) is 4.95. The SMILES string of the molecule is C#Cc1nc(NC(=O)/C=C/c2ccc(-c3cccc4ncsc34)cc2)cs1. The first-order valence-electron chi connectivity index (χ1n) is 8.07. The minimum Gasteiger partial charge on any atom is -0.306 e. The molecule has 2 heterocycles. The van der Waals surface area contributed by atoms with E-state index in [4.69, 9.17) is 6.42 Å². The highest BCUT2D eigenvalue weighted by Gasteiger charge is 2.06. The zero-order valence-corrected chi connectivity index (χ0v) is 15.7. The van der Waals surface area contributed by atoms with Crippen LogP contribution in [0.3, 0.4) is 0 Å². The van der Waals surface area contributed by atoms with Gasteiger partial charge in [0.05, 0.1) is 15.7 Å². The molecule has 0 saturated heterocycles. The van der Waals surface area contributed by atoms with Gasteiger partial charge in [-0.1, -0.05) is 36.4 Å². The van der Waals surface area contributed by atoms with E-state index in [0.717, 1.165) is 22.2 Å². The Morgan fingerprint density at radius 2 is 2.00 bits per heavy atom. The molecule has 4 rings (SSSR count). The monoisotopic (exact) mass is 387 g/mol. The first kappa shape index (κ1) is 17.2. The first-order chi connectivity index (χ1) is 13.2. The molecule has 130 valence electrons. The highest BCUT2D eigenvalue weighted by Crippen LogP contribution is 2.31. The largest absolute Gasteiger partial charge is 0.306 e. The van der Waals surface area contributed by atoms with Crippen molar-refractivity contribution in [1.82, 2.24) is 9.97 Å². The van der Waals surface area contributed by atoms with Gasteiger partial charge in [0.15, 0.2) is 5.01 Å². The Balaban J connectivity index is 1.47. The Morgan fingerprint density at radius 3 is 2.78 bits per heavy atom. The number of carbonyl (C=O) groups excluding carboxylic acids is 1. The minimum absolute atomic E-state index is 0.248. The van der Waals surface area contributed by atoms with Crippen molar-refractivity contribution in [3.05, 3.63) is 70.0 Å². The van der Waals surface area contributed by atoms with Gasteiger partial charge in [0.2, 0.25) is 5.91 Å². The van der Waals surface area contributed by atoms with Gasteiger partial charge in [0.1, 0.15) is 5.82 Å². The third-order valence-corrected chi connectivity index (χ3v) is 5.53. The lowest BCUT2D eigenvalue weighted by atomic mass is 10.0. The van der Waals surface area contributed by atoms with Crippen molar-refractivity contribution in [1.29, 1.82) is 0 Å². The molecule has 0 aliphatic rings. The summed E-state index contributed by atoms with van der Waals surface area (Å²) in [5.41, 5.74) is 6.09.